The Labute approximate surface area is 170 Å². The predicted molar refractivity (Wildman–Crippen MR) is 102 cm³/mol. The second-order valence-corrected chi connectivity index (χ2v) is 7.81. The van der Waals surface area contributed by atoms with Gasteiger partial charge in [0.25, 0.3) is 15.7 Å². The number of nitrogens with zero attached hydrogens (tertiary/aromatic N) is 1. The molecular formula is C18H16N2O9S. The Hall–Kier alpha value is -3.67. The molecule has 158 valence electrons. The number of esters is 2. The van der Waals surface area contributed by atoms with E-state index in [0.29, 0.717) is 0 Å². The molecule has 0 spiro atoms. The van der Waals surface area contributed by atoms with Crippen LogP contribution in [0.1, 0.15) is 16.8 Å². The third kappa shape index (κ3) is 4.49. The van der Waals surface area contributed by atoms with E-state index in [-0.39, 0.29) is 40.6 Å². The Balaban J connectivity index is 1.86. The molecule has 1 aliphatic heterocycles. The first-order chi connectivity index (χ1) is 14.2. The van der Waals surface area contributed by atoms with Crippen molar-refractivity contribution in [1.29, 1.82) is 0 Å². The number of nitro benzene ring substituents is 1. The predicted octanol–water partition coefficient (Wildman–Crippen LogP) is 1.88. The van der Waals surface area contributed by atoms with Gasteiger partial charge in [-0.1, -0.05) is 6.07 Å². The van der Waals surface area contributed by atoms with Crippen molar-refractivity contribution >= 4 is 33.3 Å². The summed E-state index contributed by atoms with van der Waals surface area (Å²) in [5.41, 5.74) is -0.578. The zero-order chi connectivity index (χ0) is 21.9. The Morgan fingerprint density at radius 2 is 2.03 bits per heavy atom. The minimum absolute atomic E-state index is 0.0690. The summed E-state index contributed by atoms with van der Waals surface area (Å²) in [7, 11) is -2.95. The smallest absolute Gasteiger partial charge is 0.347 e. The molecular weight excluding hydrogens is 420 g/mol. The highest BCUT2D eigenvalue weighted by molar-refractivity contribution is 7.92. The van der Waals surface area contributed by atoms with Gasteiger partial charge in [-0.15, -0.1) is 0 Å². The maximum Gasteiger partial charge on any atom is 0.347 e. The fraction of sp³-hybridized carbons (Fsp3) is 0.222. The van der Waals surface area contributed by atoms with Gasteiger partial charge in [-0.05, 0) is 24.3 Å². The highest BCUT2D eigenvalue weighted by atomic mass is 32.2. The molecule has 11 nitrogen and oxygen atoms in total. The third-order valence-corrected chi connectivity index (χ3v) is 5.52. The molecule has 3 rings (SSSR count). The molecule has 1 N–H and O–H groups in total. The van der Waals surface area contributed by atoms with E-state index in [0.717, 1.165) is 12.1 Å². The number of hydrogen-bond acceptors (Lipinski definition) is 9. The number of nitro groups is 1. The van der Waals surface area contributed by atoms with Crippen molar-refractivity contribution < 1.29 is 37.1 Å². The number of ether oxygens (including phenoxy) is 3. The summed E-state index contributed by atoms with van der Waals surface area (Å²) in [6, 6.07) is 8.38. The number of carbonyl (C=O) groups excluding carboxylic acids is 2. The van der Waals surface area contributed by atoms with Gasteiger partial charge in [-0.25, -0.2) is 18.0 Å². The fourth-order valence-corrected chi connectivity index (χ4v) is 3.77. The number of hydrogen-bond donors (Lipinski definition) is 1. The molecule has 0 saturated carbocycles. The lowest BCUT2D eigenvalue weighted by Crippen LogP contribution is -2.23. The van der Waals surface area contributed by atoms with Crippen molar-refractivity contribution in [1.82, 2.24) is 0 Å². The summed E-state index contributed by atoms with van der Waals surface area (Å²) < 4.78 is 42.5. The first-order valence-corrected chi connectivity index (χ1v) is 10.0. The van der Waals surface area contributed by atoms with Gasteiger partial charge >= 0.3 is 11.9 Å². The van der Waals surface area contributed by atoms with E-state index in [1.54, 1.807) is 0 Å². The summed E-state index contributed by atoms with van der Waals surface area (Å²) >= 11 is 0. The van der Waals surface area contributed by atoms with Crippen LogP contribution in [0.25, 0.3) is 0 Å². The lowest BCUT2D eigenvalue weighted by Gasteiger charge is -2.13. The van der Waals surface area contributed by atoms with Crippen LogP contribution in [0.5, 0.6) is 5.75 Å². The molecule has 0 bridgehead atoms. The van der Waals surface area contributed by atoms with Gasteiger partial charge in [0, 0.05) is 18.6 Å². The molecule has 0 unspecified atom stereocenters. The van der Waals surface area contributed by atoms with Gasteiger partial charge in [-0.2, -0.15) is 0 Å². The number of nitrogens with one attached hydrogen (secondary N) is 1. The van der Waals surface area contributed by atoms with E-state index in [9.17, 15) is 28.1 Å². The van der Waals surface area contributed by atoms with E-state index in [2.05, 4.69) is 4.72 Å². The standard InChI is InChI=1S/C18H16N2O9S/c1-27-15-6-5-12(20(23)24)10-14(15)19-30(25,26)13-4-2-3-11(9-13)17(21)29-16-7-8-28-18(16)22/h2-6,9-10,16,19H,7-8H2,1H3/t16-/m1/s1. The van der Waals surface area contributed by atoms with Crippen LogP contribution < -0.4 is 9.46 Å². The molecule has 30 heavy (non-hydrogen) atoms. The van der Waals surface area contributed by atoms with Gasteiger partial charge in [-0.3, -0.25) is 14.8 Å². The molecule has 1 fully saturated rings. The Morgan fingerprint density at radius 1 is 1.27 bits per heavy atom. The molecule has 12 heteroatoms. The highest BCUT2D eigenvalue weighted by Crippen LogP contribution is 2.31. The lowest BCUT2D eigenvalue weighted by atomic mass is 10.2. The first-order valence-electron chi connectivity index (χ1n) is 8.54. The van der Waals surface area contributed by atoms with E-state index in [1.807, 2.05) is 0 Å². The average molecular weight is 436 g/mol. The molecule has 0 radical (unpaired) electrons. The zero-order valence-electron chi connectivity index (χ0n) is 15.6. The van der Waals surface area contributed by atoms with Gasteiger partial charge in [0.1, 0.15) is 5.75 Å². The summed E-state index contributed by atoms with van der Waals surface area (Å²) in [5, 5.41) is 11.0. The minimum Gasteiger partial charge on any atom is -0.495 e. The normalized spacial score (nSPS) is 15.9. The van der Waals surface area contributed by atoms with Crippen LogP contribution in [0.2, 0.25) is 0 Å². The number of rotatable bonds is 7. The number of carbonyl (C=O) groups is 2. The van der Waals surface area contributed by atoms with Gasteiger partial charge < -0.3 is 14.2 Å². The van der Waals surface area contributed by atoms with Crippen molar-refractivity contribution in [3.05, 3.63) is 58.1 Å². The topological polar surface area (TPSA) is 151 Å². The van der Waals surface area contributed by atoms with Crippen molar-refractivity contribution in [2.45, 2.75) is 17.4 Å². The Kier molecular flexibility index (Phi) is 5.87. The number of sulfonamides is 1. The second-order valence-electron chi connectivity index (χ2n) is 6.13. The number of methoxy groups -OCH3 is 1. The maximum absolute atomic E-state index is 12.8. The van der Waals surface area contributed by atoms with E-state index >= 15 is 0 Å². The van der Waals surface area contributed by atoms with Crippen LogP contribution in [0.3, 0.4) is 0 Å². The molecule has 0 amide bonds. The van der Waals surface area contributed by atoms with Crippen LogP contribution in [-0.2, 0) is 24.3 Å². The SMILES string of the molecule is COc1ccc([N+](=O)[O-])cc1NS(=O)(=O)c1cccc(C(=O)O[C@@H]2CCOC2=O)c1. The molecule has 2 aromatic rings. The third-order valence-electron chi connectivity index (χ3n) is 4.15. The molecule has 0 aromatic heterocycles. The number of cyclic esters (lactones) is 1. The molecule has 1 atom stereocenters. The van der Waals surface area contributed by atoms with Crippen molar-refractivity contribution in [3.8, 4) is 5.75 Å². The van der Waals surface area contributed by atoms with Crippen LogP contribution in [0.4, 0.5) is 11.4 Å². The monoisotopic (exact) mass is 436 g/mol. The molecule has 1 saturated heterocycles. The molecule has 1 heterocycles. The average Bonchev–Trinajstić information content (AvgIpc) is 3.12. The highest BCUT2D eigenvalue weighted by Gasteiger charge is 2.31. The number of anilines is 1. The summed E-state index contributed by atoms with van der Waals surface area (Å²) in [6.07, 6.45) is -0.818. The first kappa shape index (κ1) is 21.0. The van der Waals surface area contributed by atoms with Crippen molar-refractivity contribution in [3.63, 3.8) is 0 Å². The number of non-ortho nitro benzene ring substituents is 1. The van der Waals surface area contributed by atoms with Gasteiger partial charge in [0.05, 0.1) is 34.8 Å². The molecule has 0 aliphatic carbocycles. The van der Waals surface area contributed by atoms with Crippen LogP contribution in [0, 0.1) is 10.1 Å². The fourth-order valence-electron chi connectivity index (χ4n) is 2.66. The minimum atomic E-state index is -4.23. The van der Waals surface area contributed by atoms with Crippen LogP contribution in [-0.4, -0.2) is 45.1 Å². The quantitative estimate of drug-likeness (QED) is 0.389. The molecule has 1 aliphatic rings. The van der Waals surface area contributed by atoms with Gasteiger partial charge in [0.2, 0.25) is 6.10 Å². The number of benzene rings is 2. The van der Waals surface area contributed by atoms with Crippen molar-refractivity contribution in [2.24, 2.45) is 0 Å². The second kappa shape index (κ2) is 8.37. The van der Waals surface area contributed by atoms with E-state index in [1.165, 1.54) is 37.4 Å². The Bertz CT molecular complexity index is 1110. The van der Waals surface area contributed by atoms with E-state index in [4.69, 9.17) is 14.2 Å². The zero-order valence-corrected chi connectivity index (χ0v) is 16.4. The lowest BCUT2D eigenvalue weighted by molar-refractivity contribution is -0.384. The summed E-state index contributed by atoms with van der Waals surface area (Å²) in [4.78, 5) is 33.7. The largest absolute Gasteiger partial charge is 0.495 e. The van der Waals surface area contributed by atoms with Crippen LogP contribution >= 0.6 is 0 Å². The van der Waals surface area contributed by atoms with Crippen molar-refractivity contribution in [2.75, 3.05) is 18.4 Å². The maximum atomic E-state index is 12.8. The van der Waals surface area contributed by atoms with E-state index < -0.39 is 33.0 Å². The Morgan fingerprint density at radius 3 is 2.67 bits per heavy atom. The summed E-state index contributed by atoms with van der Waals surface area (Å²) in [6.45, 7) is 0.139. The molecule has 2 aromatic carbocycles. The van der Waals surface area contributed by atoms with Crippen LogP contribution in [0.15, 0.2) is 47.4 Å². The summed E-state index contributed by atoms with van der Waals surface area (Å²) in [5.74, 6) is -1.48. The van der Waals surface area contributed by atoms with Gasteiger partial charge in [0.15, 0.2) is 0 Å².